The van der Waals surface area contributed by atoms with Gasteiger partial charge in [-0.1, -0.05) is 6.58 Å². The summed E-state index contributed by atoms with van der Waals surface area (Å²) < 4.78 is 0. The summed E-state index contributed by atoms with van der Waals surface area (Å²) in [5.41, 5.74) is 0.176. The van der Waals surface area contributed by atoms with E-state index >= 15 is 0 Å². The van der Waals surface area contributed by atoms with Gasteiger partial charge in [0.05, 0.1) is 0 Å². The molecule has 0 heterocycles. The number of aliphatic carboxylic acids is 1. The Morgan fingerprint density at radius 2 is 1.56 bits per heavy atom. The smallest absolute Gasteiger partial charge is 0.330 e. The first-order valence-corrected chi connectivity index (χ1v) is 1.53. The van der Waals surface area contributed by atoms with Gasteiger partial charge >= 0.3 is 5.97 Å². The molecule has 5 heteroatoms. The maximum absolute atomic E-state index is 9.60. The molecule has 2 nitrogen and oxygen atoms in total. The first-order valence-electron chi connectivity index (χ1n) is 1.53. The van der Waals surface area contributed by atoms with Crippen molar-refractivity contribution in [1.29, 1.82) is 0 Å². The average Bonchev–Trinajstić information content (AvgIpc) is 1.36. The summed E-state index contributed by atoms with van der Waals surface area (Å²) in [6.45, 7) is 4.60. The molecule has 0 saturated carbocycles. The van der Waals surface area contributed by atoms with E-state index in [-0.39, 0.29) is 47.7 Å². The molecule has 0 aromatic carbocycles. The third-order valence-corrected chi connectivity index (χ3v) is 0.365. The molecule has 0 aliphatic carbocycles. The molecule has 1 N–H and O–H groups in total. The normalized spacial score (nSPS) is 5.00. The fourth-order valence-corrected chi connectivity index (χ4v) is 0. The van der Waals surface area contributed by atoms with Crippen molar-refractivity contribution in [3.05, 3.63) is 12.2 Å². The molecule has 0 aliphatic heterocycles. The second kappa shape index (κ2) is 11.2. The number of rotatable bonds is 1. The van der Waals surface area contributed by atoms with Crippen molar-refractivity contribution < 1.29 is 52.1 Å². The van der Waals surface area contributed by atoms with E-state index in [2.05, 4.69) is 6.58 Å². The van der Waals surface area contributed by atoms with Gasteiger partial charge in [0, 0.05) is 22.9 Å². The van der Waals surface area contributed by atoms with Crippen LogP contribution in [0.5, 0.6) is 0 Å². The Balaban J connectivity index is -0.0000000417. The van der Waals surface area contributed by atoms with Crippen molar-refractivity contribution in [3.8, 4) is 0 Å². The molecule has 0 saturated heterocycles. The molecule has 0 unspecified atom stereocenters. The topological polar surface area (TPSA) is 37.3 Å². The summed E-state index contributed by atoms with van der Waals surface area (Å²) >= 11 is 0. The van der Waals surface area contributed by atoms with Crippen LogP contribution >= 0.6 is 0 Å². The van der Waals surface area contributed by atoms with E-state index in [1.807, 2.05) is 0 Å². The SMILES string of the molecule is C=C(C)C(=O)O.[Cl-].[Cl-].[Cr]. The van der Waals surface area contributed by atoms with Crippen molar-refractivity contribution in [2.75, 3.05) is 0 Å². The number of carbonyl (C=O) groups is 1. The molecule has 0 bridgehead atoms. The number of carboxylic acids is 1. The minimum absolute atomic E-state index is 0. The molecule has 9 heavy (non-hydrogen) atoms. The minimum atomic E-state index is -0.935. The predicted molar refractivity (Wildman–Crippen MR) is 22.4 cm³/mol. The van der Waals surface area contributed by atoms with Crippen LogP contribution in [-0.2, 0) is 22.2 Å². The quantitative estimate of drug-likeness (QED) is 0.438. The van der Waals surface area contributed by atoms with Gasteiger partial charge in [0.2, 0.25) is 0 Å². The Morgan fingerprint density at radius 3 is 1.56 bits per heavy atom. The van der Waals surface area contributed by atoms with Crippen LogP contribution in [0.1, 0.15) is 6.92 Å². The Hall–Kier alpha value is 0.322. The van der Waals surface area contributed by atoms with Gasteiger partial charge in [-0.05, 0) is 6.92 Å². The van der Waals surface area contributed by atoms with Gasteiger partial charge in [-0.2, -0.15) is 0 Å². The molecule has 0 rings (SSSR count). The van der Waals surface area contributed by atoms with E-state index in [1.165, 1.54) is 6.92 Å². The largest absolute Gasteiger partial charge is 1.00 e. The number of hydrogen-bond donors (Lipinski definition) is 1. The van der Waals surface area contributed by atoms with Crippen molar-refractivity contribution in [3.63, 3.8) is 0 Å². The van der Waals surface area contributed by atoms with Gasteiger partial charge in [0.1, 0.15) is 0 Å². The van der Waals surface area contributed by atoms with Crippen LogP contribution in [0.4, 0.5) is 0 Å². The maximum atomic E-state index is 9.60. The summed E-state index contributed by atoms with van der Waals surface area (Å²) in [5.74, 6) is -0.935. The molecular weight excluding hydrogens is 203 g/mol. The van der Waals surface area contributed by atoms with E-state index in [4.69, 9.17) is 5.11 Å². The maximum Gasteiger partial charge on any atom is 0.330 e. The van der Waals surface area contributed by atoms with Crippen LogP contribution in [0, 0.1) is 0 Å². The van der Waals surface area contributed by atoms with E-state index in [9.17, 15) is 4.79 Å². The van der Waals surface area contributed by atoms with Gasteiger partial charge in [-0.25, -0.2) is 4.79 Å². The Bertz CT molecular complexity index is 82.6. The first kappa shape index (κ1) is 22.8. The van der Waals surface area contributed by atoms with E-state index in [0.717, 1.165) is 0 Å². The zero-order valence-corrected chi connectivity index (χ0v) is 7.51. The molecule has 0 fully saturated rings. The Labute approximate surface area is 77.3 Å². The van der Waals surface area contributed by atoms with Gasteiger partial charge in [-0.3, -0.25) is 0 Å². The third kappa shape index (κ3) is 17.8. The van der Waals surface area contributed by atoms with Crippen molar-refractivity contribution >= 4 is 5.97 Å². The summed E-state index contributed by atoms with van der Waals surface area (Å²) in [6.07, 6.45) is 0. The van der Waals surface area contributed by atoms with Crippen LogP contribution in [0.3, 0.4) is 0 Å². The fourth-order valence-electron chi connectivity index (χ4n) is 0. The van der Waals surface area contributed by atoms with E-state index in [0.29, 0.717) is 0 Å². The molecule has 0 aliphatic rings. The van der Waals surface area contributed by atoms with Crippen molar-refractivity contribution in [2.45, 2.75) is 6.92 Å². The average molecular weight is 209 g/mol. The van der Waals surface area contributed by atoms with Crippen LogP contribution in [0.15, 0.2) is 12.2 Å². The summed E-state index contributed by atoms with van der Waals surface area (Å²) in [4.78, 5) is 9.60. The van der Waals surface area contributed by atoms with Crippen molar-refractivity contribution in [1.82, 2.24) is 0 Å². The predicted octanol–water partition coefficient (Wildman–Crippen LogP) is -5.35. The second-order valence-corrected chi connectivity index (χ2v) is 1.09. The minimum Gasteiger partial charge on any atom is -1.00 e. The fraction of sp³-hybridized carbons (Fsp3) is 0.250. The summed E-state index contributed by atoms with van der Waals surface area (Å²) in [5, 5.41) is 7.89. The second-order valence-electron chi connectivity index (χ2n) is 1.09. The van der Waals surface area contributed by atoms with Gasteiger partial charge < -0.3 is 29.9 Å². The van der Waals surface area contributed by atoms with Crippen molar-refractivity contribution in [2.24, 2.45) is 0 Å². The molecule has 0 aromatic heterocycles. The third-order valence-electron chi connectivity index (χ3n) is 0.365. The number of halogens is 2. The van der Waals surface area contributed by atoms with Gasteiger partial charge in [0.15, 0.2) is 0 Å². The monoisotopic (exact) mass is 208 g/mol. The van der Waals surface area contributed by atoms with Crippen LogP contribution in [0.2, 0.25) is 0 Å². The number of carboxylic acid groups (broad SMARTS) is 1. The summed E-state index contributed by atoms with van der Waals surface area (Å²) in [6, 6.07) is 0. The number of hydrogen-bond acceptors (Lipinski definition) is 1. The molecule has 0 spiro atoms. The van der Waals surface area contributed by atoms with E-state index in [1.54, 1.807) is 0 Å². The molecule has 56 valence electrons. The zero-order valence-electron chi connectivity index (χ0n) is 4.73. The van der Waals surface area contributed by atoms with E-state index < -0.39 is 5.97 Å². The molecule has 0 aromatic rings. The summed E-state index contributed by atoms with van der Waals surface area (Å²) in [7, 11) is 0. The molecular formula is C4H6Cl2CrO2-2. The molecule has 0 amide bonds. The Kier molecular flexibility index (Phi) is 28.3. The van der Waals surface area contributed by atoms with Crippen LogP contribution in [0.25, 0.3) is 0 Å². The van der Waals surface area contributed by atoms with Crippen LogP contribution < -0.4 is 24.8 Å². The first-order chi connectivity index (χ1) is 2.64. The standard InChI is InChI=1S/C4H6O2.2ClH.Cr/c1-3(2)4(5)6;;;/h1H2,2H3,(H,5,6);2*1H;/p-2. The zero-order chi connectivity index (χ0) is 5.15. The van der Waals surface area contributed by atoms with Crippen LogP contribution in [-0.4, -0.2) is 11.1 Å². The Morgan fingerprint density at radius 1 is 1.44 bits per heavy atom. The molecule has 0 atom stereocenters. The van der Waals surface area contributed by atoms with Gasteiger partial charge in [0.25, 0.3) is 0 Å². The van der Waals surface area contributed by atoms with Gasteiger partial charge in [-0.15, -0.1) is 0 Å². The molecule has 0 radical (unpaired) electrons.